The van der Waals surface area contributed by atoms with Gasteiger partial charge in [0, 0.05) is 17.3 Å². The lowest BCUT2D eigenvalue weighted by Crippen LogP contribution is -2.19. The number of carbonyl (C=O) groups excluding carboxylic acids is 1. The molecule has 0 unspecified atom stereocenters. The first-order valence-electron chi connectivity index (χ1n) is 4.09. The molecule has 52 valence electrons. The van der Waals surface area contributed by atoms with E-state index >= 15 is 0 Å². The van der Waals surface area contributed by atoms with Crippen LogP contribution in [-0.2, 0) is 0 Å². The molecular formula is C6H7N3O. The molecule has 0 bridgehead atoms. The third kappa shape index (κ3) is 1.28. The molecule has 4 nitrogen and oxygen atoms in total. The fourth-order valence-electron chi connectivity index (χ4n) is 0.487. The lowest BCUT2D eigenvalue weighted by atomic mass is 10.4. The molecule has 0 aliphatic heterocycles. The van der Waals surface area contributed by atoms with Crippen molar-refractivity contribution in [3.63, 3.8) is 0 Å². The van der Waals surface area contributed by atoms with Gasteiger partial charge in [-0.3, -0.25) is 4.79 Å². The summed E-state index contributed by atoms with van der Waals surface area (Å²) in [4.78, 5) is 11.1. The van der Waals surface area contributed by atoms with Crippen molar-refractivity contribution in [3.05, 3.63) is 24.0 Å². The predicted octanol–water partition coefficient (Wildman–Crippen LogP) is -0.164. The fourth-order valence-corrected chi connectivity index (χ4v) is 0.487. The lowest BCUT2D eigenvalue weighted by molar-refractivity contribution is 0.0957. The van der Waals surface area contributed by atoms with Crippen molar-refractivity contribution in [1.82, 2.24) is 15.5 Å². The number of nitrogens with one attached hydrogen (secondary N) is 1. The highest BCUT2D eigenvalue weighted by atomic mass is 16.1. The maximum absolute atomic E-state index is 11.1. The Labute approximate surface area is 62.5 Å². The predicted molar refractivity (Wildman–Crippen MR) is 35.4 cm³/mol. The highest BCUT2D eigenvalue weighted by Gasteiger charge is 2.01. The van der Waals surface area contributed by atoms with Gasteiger partial charge in [-0.05, 0) is 12.1 Å². The van der Waals surface area contributed by atoms with E-state index in [-0.39, 0.29) is 5.69 Å². The van der Waals surface area contributed by atoms with E-state index in [0.29, 0.717) is 0 Å². The molecule has 0 saturated carbocycles. The SMILES string of the molecule is [2H]C([2H])([2H])NC(=O)c1cccnn1. The number of amides is 1. The molecule has 0 fully saturated rings. The third-order valence-electron chi connectivity index (χ3n) is 0.918. The molecule has 10 heavy (non-hydrogen) atoms. The van der Waals surface area contributed by atoms with Gasteiger partial charge >= 0.3 is 0 Å². The average Bonchev–Trinajstić information content (AvgIpc) is 2.03. The number of hydrogen-bond donors (Lipinski definition) is 1. The first-order valence-corrected chi connectivity index (χ1v) is 2.59. The van der Waals surface area contributed by atoms with Gasteiger partial charge < -0.3 is 5.32 Å². The summed E-state index contributed by atoms with van der Waals surface area (Å²) >= 11 is 0. The third-order valence-corrected chi connectivity index (χ3v) is 0.918. The van der Waals surface area contributed by atoms with Gasteiger partial charge in [-0.2, -0.15) is 5.10 Å². The summed E-state index contributed by atoms with van der Waals surface area (Å²) in [7, 11) is 0. The molecule has 0 radical (unpaired) electrons. The van der Waals surface area contributed by atoms with Crippen molar-refractivity contribution in [2.24, 2.45) is 0 Å². The largest absolute Gasteiger partial charge is 0.354 e. The van der Waals surface area contributed by atoms with Crippen LogP contribution in [-0.4, -0.2) is 23.1 Å². The van der Waals surface area contributed by atoms with Gasteiger partial charge in [0.2, 0.25) is 0 Å². The molecule has 1 amide bonds. The molecule has 0 aliphatic carbocycles. The zero-order valence-corrected chi connectivity index (χ0v) is 5.03. The van der Waals surface area contributed by atoms with E-state index in [1.807, 2.05) is 0 Å². The Kier molecular flexibility index (Phi) is 1.06. The van der Waals surface area contributed by atoms with Crippen molar-refractivity contribution >= 4 is 5.91 Å². The second-order valence-corrected chi connectivity index (χ2v) is 1.56. The van der Waals surface area contributed by atoms with Gasteiger partial charge in [-0.25, -0.2) is 0 Å². The first-order chi connectivity index (χ1) is 5.99. The number of nitrogens with zero attached hydrogens (tertiary/aromatic N) is 2. The van der Waals surface area contributed by atoms with E-state index in [1.54, 1.807) is 5.32 Å². The van der Waals surface area contributed by atoms with Gasteiger partial charge in [-0.15, -0.1) is 5.10 Å². The van der Waals surface area contributed by atoms with Crippen molar-refractivity contribution in [2.45, 2.75) is 0 Å². The van der Waals surface area contributed by atoms with Crippen molar-refractivity contribution in [3.8, 4) is 0 Å². The molecule has 0 atom stereocenters. The van der Waals surface area contributed by atoms with Crippen LogP contribution in [0.2, 0.25) is 0 Å². The quantitative estimate of drug-likeness (QED) is 0.589. The second-order valence-electron chi connectivity index (χ2n) is 1.56. The molecule has 1 N–H and O–H groups in total. The molecule has 1 aromatic rings. The summed E-state index contributed by atoms with van der Waals surface area (Å²) in [5.41, 5.74) is -0.0152. The van der Waals surface area contributed by atoms with Gasteiger partial charge in [0.1, 0.15) is 0 Å². The van der Waals surface area contributed by atoms with Gasteiger partial charge in [0.15, 0.2) is 5.69 Å². The molecule has 1 heterocycles. The molecule has 1 aromatic heterocycles. The number of aromatic nitrogens is 2. The van der Waals surface area contributed by atoms with Crippen LogP contribution in [0, 0.1) is 0 Å². The van der Waals surface area contributed by atoms with Crippen LogP contribution in [0.25, 0.3) is 0 Å². The Morgan fingerprint density at radius 3 is 3.40 bits per heavy atom. The maximum Gasteiger partial charge on any atom is 0.271 e. The molecule has 0 aromatic carbocycles. The standard InChI is InChI=1S/C6H7N3O/c1-7-6(10)5-3-2-4-8-9-5/h2-4H,1H3,(H,7,10)/i1D3. The van der Waals surface area contributed by atoms with Gasteiger partial charge in [0.05, 0.1) is 0 Å². The maximum atomic E-state index is 11.1. The normalized spacial score (nSPS) is 14.6. The molecule has 0 saturated heterocycles. The minimum atomic E-state index is -2.49. The zero-order chi connectivity index (χ0) is 9.90. The summed E-state index contributed by atoms with van der Waals surface area (Å²) in [6.45, 7) is -2.49. The van der Waals surface area contributed by atoms with Gasteiger partial charge in [0.25, 0.3) is 5.91 Å². The first kappa shape index (κ1) is 3.65. The van der Waals surface area contributed by atoms with E-state index in [9.17, 15) is 4.79 Å². The summed E-state index contributed by atoms with van der Waals surface area (Å²) < 4.78 is 20.3. The Balaban J connectivity index is 2.71. The Morgan fingerprint density at radius 1 is 1.90 bits per heavy atom. The second kappa shape index (κ2) is 2.91. The minimum Gasteiger partial charge on any atom is -0.354 e. The number of rotatable bonds is 1. The van der Waals surface area contributed by atoms with E-state index in [1.165, 1.54) is 18.3 Å². The van der Waals surface area contributed by atoms with Crippen LogP contribution >= 0.6 is 0 Å². The Morgan fingerprint density at radius 2 is 2.80 bits per heavy atom. The lowest BCUT2D eigenvalue weighted by Gasteiger charge is -1.93. The topological polar surface area (TPSA) is 54.9 Å². The molecule has 0 aliphatic rings. The van der Waals surface area contributed by atoms with Crippen LogP contribution in [0.1, 0.15) is 14.6 Å². The van der Waals surface area contributed by atoms with Crippen LogP contribution in [0.15, 0.2) is 18.3 Å². The highest BCUT2D eigenvalue weighted by Crippen LogP contribution is 1.88. The zero-order valence-electron chi connectivity index (χ0n) is 8.03. The fraction of sp³-hybridized carbons (Fsp3) is 0.167. The van der Waals surface area contributed by atoms with E-state index < -0.39 is 12.9 Å². The molecule has 4 heteroatoms. The number of carbonyl (C=O) groups is 1. The van der Waals surface area contributed by atoms with Crippen molar-refractivity contribution in [1.29, 1.82) is 0 Å². The van der Waals surface area contributed by atoms with E-state index in [2.05, 4.69) is 10.2 Å². The monoisotopic (exact) mass is 140 g/mol. The summed E-state index contributed by atoms with van der Waals surface area (Å²) in [5, 5.41) is 8.69. The van der Waals surface area contributed by atoms with E-state index in [4.69, 9.17) is 4.11 Å². The Hall–Kier alpha value is -1.45. The minimum absolute atomic E-state index is 0.0152. The highest BCUT2D eigenvalue weighted by molar-refractivity contribution is 5.91. The van der Waals surface area contributed by atoms with Crippen molar-refractivity contribution in [2.75, 3.05) is 6.98 Å². The molecular weight excluding hydrogens is 130 g/mol. The van der Waals surface area contributed by atoms with Crippen LogP contribution in [0.4, 0.5) is 0 Å². The number of hydrogen-bond acceptors (Lipinski definition) is 3. The smallest absolute Gasteiger partial charge is 0.271 e. The molecule has 0 spiro atoms. The summed E-state index contributed by atoms with van der Waals surface area (Å²) in [6.07, 6.45) is 1.39. The van der Waals surface area contributed by atoms with E-state index in [0.717, 1.165) is 0 Å². The van der Waals surface area contributed by atoms with Crippen LogP contribution in [0.3, 0.4) is 0 Å². The summed E-state index contributed by atoms with van der Waals surface area (Å²) in [6, 6.07) is 2.88. The summed E-state index contributed by atoms with van der Waals surface area (Å²) in [5.74, 6) is -0.756. The molecule has 1 rings (SSSR count). The van der Waals surface area contributed by atoms with Crippen LogP contribution in [0.5, 0.6) is 0 Å². The average molecular weight is 140 g/mol. The van der Waals surface area contributed by atoms with Crippen LogP contribution < -0.4 is 5.32 Å². The van der Waals surface area contributed by atoms with Crippen molar-refractivity contribution < 1.29 is 8.91 Å². The van der Waals surface area contributed by atoms with Gasteiger partial charge in [-0.1, -0.05) is 0 Å². The Bertz CT molecular complexity index is 298.